The summed E-state index contributed by atoms with van der Waals surface area (Å²) in [7, 11) is 0. The molecule has 2 amide bonds. The molecular weight excluding hydrogens is 434 g/mol. The average molecular weight is 460 g/mol. The van der Waals surface area contributed by atoms with Crippen LogP contribution < -0.4 is 21.1 Å². The highest BCUT2D eigenvalue weighted by atomic mass is 16.5. The van der Waals surface area contributed by atoms with Crippen LogP contribution in [0.2, 0.25) is 0 Å². The van der Waals surface area contributed by atoms with Crippen LogP contribution in [-0.4, -0.2) is 50.5 Å². The van der Waals surface area contributed by atoms with Gasteiger partial charge in [0, 0.05) is 5.69 Å². The van der Waals surface area contributed by atoms with E-state index in [0.717, 1.165) is 48.3 Å². The number of carbonyl (C=O) groups excluding carboxylic acids is 2. The number of aromatic amines is 1. The highest BCUT2D eigenvalue weighted by Gasteiger charge is 2.25. The SMILES string of the molecule is Cc1cc(OC2CCNCC2)ccc1NC(=O)c1c(C(N)=O)ncn1-c1nc2ccccc2[nH]1. The zero-order valence-corrected chi connectivity index (χ0v) is 18.7. The second kappa shape index (κ2) is 8.99. The van der Waals surface area contributed by atoms with E-state index in [1.807, 2.05) is 43.3 Å². The van der Waals surface area contributed by atoms with Gasteiger partial charge in [-0.3, -0.25) is 14.2 Å². The Balaban J connectivity index is 1.42. The number of imidazole rings is 2. The van der Waals surface area contributed by atoms with E-state index < -0.39 is 11.8 Å². The summed E-state index contributed by atoms with van der Waals surface area (Å²) in [6, 6.07) is 13.0. The molecule has 0 atom stereocenters. The number of para-hydroxylation sites is 2. The first kappa shape index (κ1) is 21.7. The van der Waals surface area contributed by atoms with Crippen molar-refractivity contribution in [3.05, 3.63) is 65.7 Å². The predicted molar refractivity (Wildman–Crippen MR) is 127 cm³/mol. The lowest BCUT2D eigenvalue weighted by molar-refractivity contribution is 0.0971. The maximum atomic E-state index is 13.3. The van der Waals surface area contributed by atoms with Crippen LogP contribution in [-0.2, 0) is 0 Å². The summed E-state index contributed by atoms with van der Waals surface area (Å²) in [6.45, 7) is 3.77. The number of amides is 2. The van der Waals surface area contributed by atoms with Crippen LogP contribution in [0.15, 0.2) is 48.8 Å². The third-order valence-electron chi connectivity index (χ3n) is 5.86. The summed E-state index contributed by atoms with van der Waals surface area (Å²) in [5, 5.41) is 6.19. The number of nitrogens with zero attached hydrogens (tertiary/aromatic N) is 3. The normalized spacial score (nSPS) is 14.3. The van der Waals surface area contributed by atoms with Crippen molar-refractivity contribution < 1.29 is 14.3 Å². The zero-order chi connectivity index (χ0) is 23.7. The summed E-state index contributed by atoms with van der Waals surface area (Å²) in [4.78, 5) is 37.0. The van der Waals surface area contributed by atoms with Crippen molar-refractivity contribution in [1.29, 1.82) is 0 Å². The van der Waals surface area contributed by atoms with Crippen molar-refractivity contribution in [1.82, 2.24) is 24.8 Å². The van der Waals surface area contributed by atoms with Crippen molar-refractivity contribution in [3.63, 3.8) is 0 Å². The Morgan fingerprint density at radius 1 is 1.18 bits per heavy atom. The van der Waals surface area contributed by atoms with Crippen molar-refractivity contribution >= 4 is 28.5 Å². The number of H-pyrrole nitrogens is 1. The van der Waals surface area contributed by atoms with Crippen molar-refractivity contribution in [2.45, 2.75) is 25.9 Å². The molecule has 0 saturated carbocycles. The van der Waals surface area contributed by atoms with E-state index in [9.17, 15) is 9.59 Å². The van der Waals surface area contributed by atoms with E-state index in [1.165, 1.54) is 10.9 Å². The van der Waals surface area contributed by atoms with Gasteiger partial charge in [0.1, 0.15) is 23.9 Å². The summed E-state index contributed by atoms with van der Waals surface area (Å²) in [5.74, 6) is -0.217. The Morgan fingerprint density at radius 2 is 1.97 bits per heavy atom. The highest BCUT2D eigenvalue weighted by Crippen LogP contribution is 2.25. The van der Waals surface area contributed by atoms with Gasteiger partial charge in [0.25, 0.3) is 11.8 Å². The van der Waals surface area contributed by atoms with Gasteiger partial charge < -0.3 is 26.1 Å². The third-order valence-corrected chi connectivity index (χ3v) is 5.86. The number of ether oxygens (including phenoxy) is 1. The topological polar surface area (TPSA) is 140 Å². The zero-order valence-electron chi connectivity index (χ0n) is 18.7. The quantitative estimate of drug-likeness (QED) is 0.349. The van der Waals surface area contributed by atoms with Gasteiger partial charge in [-0.25, -0.2) is 9.97 Å². The number of primary amides is 1. The summed E-state index contributed by atoms with van der Waals surface area (Å²) in [6.07, 6.45) is 3.45. The number of hydrogen-bond donors (Lipinski definition) is 4. The number of aromatic nitrogens is 4. The maximum Gasteiger partial charge on any atom is 0.275 e. The lowest BCUT2D eigenvalue weighted by atomic mass is 10.1. The molecule has 5 rings (SSSR count). The van der Waals surface area contributed by atoms with Gasteiger partial charge in [-0.1, -0.05) is 12.1 Å². The van der Waals surface area contributed by atoms with Crippen LogP contribution in [0.5, 0.6) is 5.75 Å². The minimum Gasteiger partial charge on any atom is -0.490 e. The number of benzene rings is 2. The number of anilines is 1. The highest BCUT2D eigenvalue weighted by molar-refractivity contribution is 6.10. The molecule has 0 unspecified atom stereocenters. The van der Waals surface area contributed by atoms with Gasteiger partial charge in [0.15, 0.2) is 5.69 Å². The molecule has 4 aromatic rings. The fourth-order valence-corrected chi connectivity index (χ4v) is 4.10. The van der Waals surface area contributed by atoms with E-state index in [0.29, 0.717) is 11.6 Å². The standard InChI is InChI=1S/C24H25N7O3/c1-14-12-16(34-15-8-10-26-11-9-15)6-7-17(14)28-23(33)21-20(22(25)32)27-13-31(21)24-29-18-4-2-3-5-19(18)30-24/h2-7,12-13,15,26H,8-11H2,1H3,(H2,25,32)(H,28,33)(H,29,30). The molecule has 1 fully saturated rings. The van der Waals surface area contributed by atoms with Crippen LogP contribution in [0.4, 0.5) is 5.69 Å². The number of hydrogen-bond acceptors (Lipinski definition) is 6. The van der Waals surface area contributed by atoms with E-state index in [-0.39, 0.29) is 17.5 Å². The molecule has 1 saturated heterocycles. The molecule has 0 bridgehead atoms. The van der Waals surface area contributed by atoms with E-state index in [1.54, 1.807) is 6.07 Å². The lowest BCUT2D eigenvalue weighted by Gasteiger charge is -2.24. The molecule has 3 heterocycles. The van der Waals surface area contributed by atoms with Crippen molar-refractivity contribution in [2.75, 3.05) is 18.4 Å². The number of carbonyl (C=O) groups is 2. The third kappa shape index (κ3) is 4.23. The average Bonchev–Trinajstić information content (AvgIpc) is 3.46. The molecule has 10 heteroatoms. The number of fused-ring (bicyclic) bond motifs is 1. The van der Waals surface area contributed by atoms with Gasteiger partial charge in [0.05, 0.1) is 11.0 Å². The number of piperidine rings is 1. The van der Waals surface area contributed by atoms with Crippen LogP contribution >= 0.6 is 0 Å². The lowest BCUT2D eigenvalue weighted by Crippen LogP contribution is -2.34. The van der Waals surface area contributed by atoms with E-state index in [4.69, 9.17) is 10.5 Å². The second-order valence-corrected chi connectivity index (χ2v) is 8.25. The van der Waals surface area contributed by atoms with Crippen molar-refractivity contribution in [3.8, 4) is 11.7 Å². The fourth-order valence-electron chi connectivity index (χ4n) is 4.10. The Bertz CT molecular complexity index is 1340. The minimum atomic E-state index is -0.803. The van der Waals surface area contributed by atoms with Gasteiger partial charge in [-0.05, 0) is 68.8 Å². The van der Waals surface area contributed by atoms with E-state index >= 15 is 0 Å². The van der Waals surface area contributed by atoms with Crippen LogP contribution in [0.3, 0.4) is 0 Å². The first-order chi connectivity index (χ1) is 16.5. The van der Waals surface area contributed by atoms with Crippen molar-refractivity contribution in [2.24, 2.45) is 5.73 Å². The molecule has 0 spiro atoms. The van der Waals surface area contributed by atoms with Crippen LogP contribution in [0.25, 0.3) is 17.0 Å². The Kier molecular flexibility index (Phi) is 5.72. The van der Waals surface area contributed by atoms with Crippen LogP contribution in [0, 0.1) is 6.92 Å². The summed E-state index contributed by atoms with van der Waals surface area (Å²) in [5.41, 5.74) is 8.30. The van der Waals surface area contributed by atoms with Gasteiger partial charge in [0.2, 0.25) is 5.95 Å². The number of nitrogens with one attached hydrogen (secondary N) is 3. The van der Waals surface area contributed by atoms with E-state index in [2.05, 4.69) is 25.6 Å². The molecule has 1 aliphatic rings. The first-order valence-corrected chi connectivity index (χ1v) is 11.1. The number of rotatable bonds is 6. The first-order valence-electron chi connectivity index (χ1n) is 11.1. The molecule has 0 radical (unpaired) electrons. The monoisotopic (exact) mass is 459 g/mol. The largest absolute Gasteiger partial charge is 0.490 e. The molecule has 2 aromatic heterocycles. The molecule has 10 nitrogen and oxygen atoms in total. The predicted octanol–water partition coefficient (Wildman–Crippen LogP) is 2.54. The van der Waals surface area contributed by atoms with Crippen LogP contribution in [0.1, 0.15) is 39.4 Å². The second-order valence-electron chi connectivity index (χ2n) is 8.25. The Morgan fingerprint density at radius 3 is 2.71 bits per heavy atom. The summed E-state index contributed by atoms with van der Waals surface area (Å²) < 4.78 is 7.51. The van der Waals surface area contributed by atoms with Gasteiger partial charge >= 0.3 is 0 Å². The Labute approximate surface area is 195 Å². The molecule has 2 aromatic carbocycles. The number of aryl methyl sites for hydroxylation is 1. The smallest absolute Gasteiger partial charge is 0.275 e. The maximum absolute atomic E-state index is 13.3. The molecule has 174 valence electrons. The number of nitrogens with two attached hydrogens (primary N) is 1. The fraction of sp³-hybridized carbons (Fsp3) is 0.250. The van der Waals surface area contributed by atoms with Gasteiger partial charge in [-0.15, -0.1) is 0 Å². The minimum absolute atomic E-state index is 0.000915. The molecule has 1 aliphatic heterocycles. The van der Waals surface area contributed by atoms with Gasteiger partial charge in [-0.2, -0.15) is 0 Å². The summed E-state index contributed by atoms with van der Waals surface area (Å²) >= 11 is 0. The molecule has 34 heavy (non-hydrogen) atoms. The molecular formula is C24H25N7O3. The molecule has 0 aliphatic carbocycles. The molecule has 5 N–H and O–H groups in total. The Hall–Kier alpha value is -4.18.